The molecule has 0 heterocycles. The molecule has 1 radical (unpaired) electrons. The van der Waals surface area contributed by atoms with E-state index in [1.165, 1.54) is 44.2 Å². The Morgan fingerprint density at radius 2 is 2.04 bits per heavy atom. The van der Waals surface area contributed by atoms with Gasteiger partial charge in [-0.3, -0.25) is 0 Å². The zero-order valence-corrected chi connectivity index (χ0v) is 16.6. The molecule has 2 rings (SSSR count). The molecule has 23 heavy (non-hydrogen) atoms. The van der Waals surface area contributed by atoms with Crippen molar-refractivity contribution in [2.75, 3.05) is 32.0 Å². The van der Waals surface area contributed by atoms with Crippen LogP contribution in [-0.2, 0) is 25.0 Å². The average Bonchev–Trinajstić information content (AvgIpc) is 3.36. The fourth-order valence-corrected chi connectivity index (χ4v) is 2.81. The molecule has 1 fully saturated rings. The van der Waals surface area contributed by atoms with Crippen LogP contribution >= 0.6 is 12.6 Å². The van der Waals surface area contributed by atoms with Gasteiger partial charge in [-0.25, -0.2) is 0 Å². The maximum absolute atomic E-state index is 5.74. The molecule has 0 N–H and O–H groups in total. The van der Waals surface area contributed by atoms with Gasteiger partial charge in [0.25, 0.3) is 0 Å². The van der Waals surface area contributed by atoms with E-state index >= 15 is 0 Å². The van der Waals surface area contributed by atoms with E-state index in [1.54, 1.807) is 0 Å². The third-order valence-electron chi connectivity index (χ3n) is 4.23. The Labute approximate surface area is 159 Å². The second-order valence-corrected chi connectivity index (χ2v) is 6.79. The van der Waals surface area contributed by atoms with Crippen molar-refractivity contribution in [1.82, 2.24) is 4.90 Å². The van der Waals surface area contributed by atoms with E-state index in [0.717, 1.165) is 43.5 Å². The third kappa shape index (κ3) is 9.09. The SMILES string of the molecule is CCCCCN(CCS)CCc1c[c-]c(OCC2CC2)cc1.[V]. The smallest absolute Gasteiger partial charge is 0.0878 e. The van der Waals surface area contributed by atoms with Crippen LogP contribution in [0.3, 0.4) is 0 Å². The molecule has 1 aromatic rings. The summed E-state index contributed by atoms with van der Waals surface area (Å²) in [6.45, 7) is 6.51. The van der Waals surface area contributed by atoms with E-state index in [1.807, 2.05) is 0 Å². The number of thiol groups is 1. The number of ether oxygens (including phenoxy) is 1. The molecular formula is C19H30NOSV-. The Balaban J connectivity index is 0.00000264. The molecule has 0 unspecified atom stereocenters. The fraction of sp³-hybridized carbons (Fsp3) is 0.684. The third-order valence-corrected chi connectivity index (χ3v) is 4.43. The van der Waals surface area contributed by atoms with Gasteiger partial charge < -0.3 is 9.64 Å². The normalized spacial score (nSPS) is 13.9. The number of rotatable bonds is 12. The minimum atomic E-state index is 0. The van der Waals surface area contributed by atoms with Crippen LogP contribution in [0, 0.1) is 12.0 Å². The number of unbranched alkanes of at least 4 members (excludes halogenated alkanes) is 2. The largest absolute Gasteiger partial charge is 0.519 e. The molecule has 1 saturated carbocycles. The fourth-order valence-electron chi connectivity index (χ4n) is 2.53. The Morgan fingerprint density at radius 3 is 2.65 bits per heavy atom. The van der Waals surface area contributed by atoms with Gasteiger partial charge in [-0.15, -0.1) is 12.1 Å². The number of hydrogen-bond donors (Lipinski definition) is 1. The topological polar surface area (TPSA) is 12.5 Å². The molecule has 4 heteroatoms. The minimum Gasteiger partial charge on any atom is -0.519 e. The van der Waals surface area contributed by atoms with E-state index in [0.29, 0.717) is 0 Å². The first-order valence-corrected chi connectivity index (χ1v) is 9.41. The average molecular weight is 371 g/mol. The molecule has 1 aromatic carbocycles. The maximum atomic E-state index is 5.74. The summed E-state index contributed by atoms with van der Waals surface area (Å²) in [4.78, 5) is 2.53. The summed E-state index contributed by atoms with van der Waals surface area (Å²) in [6, 6.07) is 9.61. The van der Waals surface area contributed by atoms with Crippen molar-refractivity contribution in [3.05, 3.63) is 29.8 Å². The van der Waals surface area contributed by atoms with Crippen LogP contribution in [0.15, 0.2) is 18.2 Å². The number of nitrogens with zero attached hydrogens (tertiary/aromatic N) is 1. The van der Waals surface area contributed by atoms with Crippen LogP contribution in [0.25, 0.3) is 0 Å². The number of benzene rings is 1. The van der Waals surface area contributed by atoms with Gasteiger partial charge in [0.05, 0.1) is 6.61 Å². The summed E-state index contributed by atoms with van der Waals surface area (Å²) >= 11 is 4.38. The monoisotopic (exact) mass is 371 g/mol. The summed E-state index contributed by atoms with van der Waals surface area (Å²) in [5.74, 6) is 2.63. The summed E-state index contributed by atoms with van der Waals surface area (Å²) < 4.78 is 5.74. The predicted octanol–water partition coefficient (Wildman–Crippen LogP) is 4.24. The number of hydrogen-bond acceptors (Lipinski definition) is 3. The van der Waals surface area contributed by atoms with E-state index in [9.17, 15) is 0 Å². The van der Waals surface area contributed by atoms with Crippen LogP contribution in [0.4, 0.5) is 0 Å². The summed E-state index contributed by atoms with van der Waals surface area (Å²) in [6.07, 6.45) is 7.65. The molecule has 1 aliphatic rings. The van der Waals surface area contributed by atoms with Crippen molar-refractivity contribution in [3.63, 3.8) is 0 Å². The van der Waals surface area contributed by atoms with Gasteiger partial charge in [0, 0.05) is 36.6 Å². The molecule has 0 atom stereocenters. The minimum absolute atomic E-state index is 0. The molecule has 2 nitrogen and oxygen atoms in total. The Morgan fingerprint density at radius 1 is 1.22 bits per heavy atom. The Kier molecular flexibility index (Phi) is 11.2. The van der Waals surface area contributed by atoms with Crippen LogP contribution in [-0.4, -0.2) is 36.9 Å². The second kappa shape index (κ2) is 12.3. The predicted molar refractivity (Wildman–Crippen MR) is 97.0 cm³/mol. The summed E-state index contributed by atoms with van der Waals surface area (Å²) in [5, 5.41) is 0. The van der Waals surface area contributed by atoms with Crippen LogP contribution in [0.2, 0.25) is 0 Å². The summed E-state index contributed by atoms with van der Waals surface area (Å²) in [5.41, 5.74) is 1.35. The molecular weight excluding hydrogens is 341 g/mol. The molecule has 0 saturated heterocycles. The Hall–Kier alpha value is -0.0856. The van der Waals surface area contributed by atoms with E-state index in [-0.39, 0.29) is 18.6 Å². The zero-order chi connectivity index (χ0) is 15.6. The van der Waals surface area contributed by atoms with Crippen LogP contribution in [0.1, 0.15) is 44.6 Å². The zero-order valence-electron chi connectivity index (χ0n) is 14.3. The van der Waals surface area contributed by atoms with Crippen molar-refractivity contribution in [3.8, 4) is 5.75 Å². The van der Waals surface area contributed by atoms with Gasteiger partial charge in [0.1, 0.15) is 0 Å². The van der Waals surface area contributed by atoms with Crippen molar-refractivity contribution in [2.45, 2.75) is 45.4 Å². The van der Waals surface area contributed by atoms with E-state index in [4.69, 9.17) is 4.74 Å². The second-order valence-electron chi connectivity index (χ2n) is 6.34. The first kappa shape index (κ1) is 21.0. The van der Waals surface area contributed by atoms with Crippen molar-refractivity contribution in [1.29, 1.82) is 0 Å². The first-order chi connectivity index (χ1) is 10.8. The van der Waals surface area contributed by atoms with Crippen molar-refractivity contribution >= 4 is 12.6 Å². The van der Waals surface area contributed by atoms with Gasteiger partial charge in [0.2, 0.25) is 0 Å². The van der Waals surface area contributed by atoms with Crippen molar-refractivity contribution in [2.24, 2.45) is 5.92 Å². The van der Waals surface area contributed by atoms with E-state index < -0.39 is 0 Å². The standard InChI is InChI=1S/C19H30NOS.V/c1-2-3-4-12-20(14-15-22)13-11-17-7-9-19(10-8-17)21-16-18-5-6-18;/h7-9,18,22H,2-6,11-16H2,1H3;/q-1;. The summed E-state index contributed by atoms with van der Waals surface area (Å²) in [7, 11) is 0. The van der Waals surface area contributed by atoms with Crippen LogP contribution < -0.4 is 4.74 Å². The van der Waals surface area contributed by atoms with Gasteiger partial charge in [-0.05, 0) is 38.3 Å². The molecule has 129 valence electrons. The molecule has 1 aliphatic carbocycles. The van der Waals surface area contributed by atoms with Gasteiger partial charge in [-0.2, -0.15) is 30.3 Å². The molecule has 0 aliphatic heterocycles. The van der Waals surface area contributed by atoms with Crippen molar-refractivity contribution < 1.29 is 23.3 Å². The van der Waals surface area contributed by atoms with Gasteiger partial charge >= 0.3 is 0 Å². The Bertz CT molecular complexity index is 408. The molecule has 0 bridgehead atoms. The maximum Gasteiger partial charge on any atom is 0.0878 e. The van der Waals surface area contributed by atoms with E-state index in [2.05, 4.69) is 48.7 Å². The van der Waals surface area contributed by atoms with Gasteiger partial charge in [0.15, 0.2) is 0 Å². The van der Waals surface area contributed by atoms with Crippen LogP contribution in [0.5, 0.6) is 5.75 Å². The molecule has 0 amide bonds. The quantitative estimate of drug-likeness (QED) is 0.335. The molecule has 0 aromatic heterocycles. The molecule has 0 spiro atoms. The van der Waals surface area contributed by atoms with Gasteiger partial charge in [-0.1, -0.05) is 26.2 Å². The first-order valence-electron chi connectivity index (χ1n) is 8.78.